The summed E-state index contributed by atoms with van der Waals surface area (Å²) >= 11 is 3.21. The highest BCUT2D eigenvalue weighted by molar-refractivity contribution is 9.10. The smallest absolute Gasteiger partial charge is 0.253 e. The van der Waals surface area contributed by atoms with E-state index in [1.165, 1.54) is 6.07 Å². The van der Waals surface area contributed by atoms with Crippen LogP contribution in [0.3, 0.4) is 0 Å². The minimum atomic E-state index is -0.808. The molecule has 1 aromatic heterocycles. The average Bonchev–Trinajstić information content (AvgIpc) is 2.83. The second kappa shape index (κ2) is 6.00. The van der Waals surface area contributed by atoms with E-state index in [4.69, 9.17) is 5.73 Å². The van der Waals surface area contributed by atoms with Crippen LogP contribution >= 0.6 is 15.9 Å². The van der Waals surface area contributed by atoms with Crippen molar-refractivity contribution in [1.82, 2.24) is 9.78 Å². The van der Waals surface area contributed by atoms with Crippen molar-refractivity contribution in [1.29, 1.82) is 0 Å². The molecule has 118 valence electrons. The Morgan fingerprint density at radius 2 is 2.17 bits per heavy atom. The number of primary amides is 1. The lowest BCUT2D eigenvalue weighted by atomic mass is 10.1. The van der Waals surface area contributed by atoms with E-state index in [9.17, 15) is 9.18 Å². The van der Waals surface area contributed by atoms with E-state index in [1.807, 2.05) is 31.4 Å². The van der Waals surface area contributed by atoms with Gasteiger partial charge in [0.15, 0.2) is 0 Å². The number of fused-ring (bicyclic) bond motifs is 1. The van der Waals surface area contributed by atoms with Crippen LogP contribution in [0.5, 0.6) is 0 Å². The van der Waals surface area contributed by atoms with Crippen molar-refractivity contribution < 1.29 is 9.18 Å². The van der Waals surface area contributed by atoms with Crippen molar-refractivity contribution in [3.8, 4) is 0 Å². The number of nitrogens with one attached hydrogen (secondary N) is 1. The third-order valence-electron chi connectivity index (χ3n) is 3.47. The fourth-order valence-corrected chi connectivity index (χ4v) is 2.89. The molecule has 23 heavy (non-hydrogen) atoms. The van der Waals surface area contributed by atoms with Crippen LogP contribution in [0.1, 0.15) is 15.9 Å². The number of anilines is 1. The van der Waals surface area contributed by atoms with Crippen LogP contribution in [-0.2, 0) is 13.6 Å². The topological polar surface area (TPSA) is 72.9 Å². The van der Waals surface area contributed by atoms with Gasteiger partial charge in [-0.15, -0.1) is 0 Å². The van der Waals surface area contributed by atoms with Gasteiger partial charge in [0.1, 0.15) is 5.82 Å². The highest BCUT2D eigenvalue weighted by Crippen LogP contribution is 2.25. The molecular weight excluding hydrogens is 363 g/mol. The van der Waals surface area contributed by atoms with Crippen molar-refractivity contribution in [2.75, 3.05) is 5.32 Å². The normalized spacial score (nSPS) is 10.9. The van der Waals surface area contributed by atoms with Crippen LogP contribution in [0.15, 0.2) is 41.0 Å². The van der Waals surface area contributed by atoms with E-state index in [1.54, 1.807) is 10.7 Å². The van der Waals surface area contributed by atoms with Crippen molar-refractivity contribution in [2.24, 2.45) is 12.8 Å². The number of rotatable bonds is 4. The summed E-state index contributed by atoms with van der Waals surface area (Å²) < 4.78 is 16.2. The van der Waals surface area contributed by atoms with Crippen LogP contribution in [0, 0.1) is 5.82 Å². The van der Waals surface area contributed by atoms with Crippen molar-refractivity contribution in [2.45, 2.75) is 6.54 Å². The lowest BCUT2D eigenvalue weighted by molar-refractivity contribution is 0.0997. The fraction of sp³-hybridized carbons (Fsp3) is 0.125. The largest absolute Gasteiger partial charge is 0.380 e. The van der Waals surface area contributed by atoms with Crippen LogP contribution < -0.4 is 11.1 Å². The molecule has 0 saturated heterocycles. The van der Waals surface area contributed by atoms with E-state index in [0.717, 1.165) is 16.5 Å². The summed E-state index contributed by atoms with van der Waals surface area (Å²) in [6, 6.07) is 8.71. The first-order valence-electron chi connectivity index (χ1n) is 6.89. The zero-order valence-corrected chi connectivity index (χ0v) is 13.9. The number of amides is 1. The Bertz CT molecular complexity index is 906. The number of aromatic nitrogens is 2. The van der Waals surface area contributed by atoms with Gasteiger partial charge in [0.05, 0.1) is 16.8 Å². The van der Waals surface area contributed by atoms with E-state index in [0.29, 0.717) is 16.7 Å². The fourth-order valence-electron chi connectivity index (χ4n) is 2.46. The molecule has 1 heterocycles. The first-order chi connectivity index (χ1) is 10.9. The number of halogens is 2. The van der Waals surface area contributed by atoms with Gasteiger partial charge in [0.2, 0.25) is 0 Å². The Kier molecular flexibility index (Phi) is 4.04. The second-order valence-corrected chi connectivity index (χ2v) is 6.14. The van der Waals surface area contributed by atoms with Gasteiger partial charge in [-0.2, -0.15) is 5.10 Å². The standard InChI is InChI=1S/C16H14BrFN4O/c1-22-8-10-3-2-9(4-13(10)21-22)7-20-14-6-11(17)5-12(18)15(14)16(19)23/h2-6,8,20H,7H2,1H3,(H2,19,23). The highest BCUT2D eigenvalue weighted by Gasteiger charge is 2.15. The lowest BCUT2D eigenvalue weighted by Gasteiger charge is -2.12. The maximum absolute atomic E-state index is 13.9. The number of nitrogens with zero attached hydrogens (tertiary/aromatic N) is 2. The van der Waals surface area contributed by atoms with Crippen LogP contribution in [0.25, 0.3) is 10.9 Å². The van der Waals surface area contributed by atoms with Crippen LogP contribution in [0.4, 0.5) is 10.1 Å². The Morgan fingerprint density at radius 1 is 1.39 bits per heavy atom. The average molecular weight is 377 g/mol. The highest BCUT2D eigenvalue weighted by atomic mass is 79.9. The molecule has 0 fully saturated rings. The minimum absolute atomic E-state index is 0.146. The molecule has 0 saturated carbocycles. The first-order valence-corrected chi connectivity index (χ1v) is 7.68. The maximum atomic E-state index is 13.9. The summed E-state index contributed by atoms with van der Waals surface area (Å²) in [5.74, 6) is -1.47. The van der Waals surface area contributed by atoms with Crippen molar-refractivity contribution >= 4 is 38.4 Å². The van der Waals surface area contributed by atoms with Gasteiger partial charge >= 0.3 is 0 Å². The summed E-state index contributed by atoms with van der Waals surface area (Å²) in [4.78, 5) is 11.5. The van der Waals surface area contributed by atoms with Gasteiger partial charge in [0.25, 0.3) is 5.91 Å². The zero-order valence-electron chi connectivity index (χ0n) is 12.3. The van der Waals surface area contributed by atoms with Gasteiger partial charge < -0.3 is 11.1 Å². The Labute approximate surface area is 140 Å². The predicted molar refractivity (Wildman–Crippen MR) is 90.7 cm³/mol. The Morgan fingerprint density at radius 3 is 2.91 bits per heavy atom. The summed E-state index contributed by atoms with van der Waals surface area (Å²) in [6.45, 7) is 0.419. The first kappa shape index (κ1) is 15.5. The SMILES string of the molecule is Cn1cc2ccc(CNc3cc(Br)cc(F)c3C(N)=O)cc2n1. The molecule has 5 nitrogen and oxygen atoms in total. The number of carbonyl (C=O) groups is 1. The van der Waals surface area contributed by atoms with Gasteiger partial charge in [0, 0.05) is 29.6 Å². The van der Waals surface area contributed by atoms with Crippen molar-refractivity contribution in [3.05, 3.63) is 57.9 Å². The molecular formula is C16H14BrFN4O. The molecule has 3 aromatic rings. The predicted octanol–water partition coefficient (Wildman–Crippen LogP) is 3.19. The third-order valence-corrected chi connectivity index (χ3v) is 3.93. The van der Waals surface area contributed by atoms with Gasteiger partial charge in [-0.1, -0.05) is 28.1 Å². The Balaban J connectivity index is 1.88. The third kappa shape index (κ3) is 3.19. The number of benzene rings is 2. The molecule has 7 heteroatoms. The molecule has 0 aliphatic heterocycles. The molecule has 0 aliphatic rings. The number of hydrogen-bond acceptors (Lipinski definition) is 3. The molecule has 0 radical (unpaired) electrons. The van der Waals surface area contributed by atoms with Crippen LogP contribution in [-0.4, -0.2) is 15.7 Å². The molecule has 1 amide bonds. The quantitative estimate of drug-likeness (QED) is 0.734. The molecule has 0 bridgehead atoms. The summed E-state index contributed by atoms with van der Waals surface area (Å²) in [5.41, 5.74) is 7.31. The molecule has 3 N–H and O–H groups in total. The molecule has 2 aromatic carbocycles. The van der Waals surface area contributed by atoms with E-state index >= 15 is 0 Å². The maximum Gasteiger partial charge on any atom is 0.253 e. The van der Waals surface area contributed by atoms with Gasteiger partial charge in [-0.3, -0.25) is 9.48 Å². The summed E-state index contributed by atoms with van der Waals surface area (Å²) in [6.07, 6.45) is 1.93. The minimum Gasteiger partial charge on any atom is -0.380 e. The zero-order chi connectivity index (χ0) is 16.6. The summed E-state index contributed by atoms with van der Waals surface area (Å²) in [7, 11) is 1.86. The number of carbonyl (C=O) groups excluding carboxylic acids is 1. The number of nitrogens with two attached hydrogens (primary N) is 1. The monoisotopic (exact) mass is 376 g/mol. The lowest BCUT2D eigenvalue weighted by Crippen LogP contribution is -2.16. The number of hydrogen-bond donors (Lipinski definition) is 2. The molecule has 0 spiro atoms. The van der Waals surface area contributed by atoms with Gasteiger partial charge in [-0.25, -0.2) is 4.39 Å². The molecule has 0 aliphatic carbocycles. The van der Waals surface area contributed by atoms with E-state index in [-0.39, 0.29) is 5.56 Å². The Hall–Kier alpha value is -2.41. The van der Waals surface area contributed by atoms with E-state index in [2.05, 4.69) is 26.3 Å². The van der Waals surface area contributed by atoms with E-state index < -0.39 is 11.7 Å². The number of aryl methyl sites for hydroxylation is 1. The summed E-state index contributed by atoms with van der Waals surface area (Å²) in [5, 5.41) is 8.45. The van der Waals surface area contributed by atoms with Gasteiger partial charge in [-0.05, 0) is 23.8 Å². The molecule has 0 unspecified atom stereocenters. The van der Waals surface area contributed by atoms with Crippen LogP contribution in [0.2, 0.25) is 0 Å². The van der Waals surface area contributed by atoms with Crippen molar-refractivity contribution in [3.63, 3.8) is 0 Å². The molecule has 0 atom stereocenters. The second-order valence-electron chi connectivity index (χ2n) is 5.22. The molecule has 3 rings (SSSR count).